The monoisotopic (exact) mass is 316 g/mol. The van der Waals surface area contributed by atoms with Gasteiger partial charge in [0.2, 0.25) is 0 Å². The lowest BCUT2D eigenvalue weighted by Gasteiger charge is -2.26. The number of hydrogen-bond acceptors (Lipinski definition) is 3. The van der Waals surface area contributed by atoms with Gasteiger partial charge in [-0.3, -0.25) is 4.68 Å². The maximum absolute atomic E-state index is 6.17. The van der Waals surface area contributed by atoms with E-state index in [2.05, 4.69) is 21.4 Å². The minimum absolute atomic E-state index is 0.529. The summed E-state index contributed by atoms with van der Waals surface area (Å²) in [5.41, 5.74) is 5.00. The summed E-state index contributed by atoms with van der Waals surface area (Å²) >= 11 is 6.17. The number of halogens is 1. The minimum Gasteiger partial charge on any atom is -0.317 e. The molecule has 1 fully saturated rings. The molecule has 0 saturated carbocycles. The van der Waals surface area contributed by atoms with Crippen LogP contribution in [0.3, 0.4) is 0 Å². The van der Waals surface area contributed by atoms with E-state index in [0.717, 1.165) is 61.7 Å². The van der Waals surface area contributed by atoms with Crippen LogP contribution in [0.15, 0.2) is 24.3 Å². The molecule has 1 aromatic carbocycles. The van der Waals surface area contributed by atoms with Crippen molar-refractivity contribution < 1.29 is 0 Å². The Balaban J connectivity index is 1.80. The van der Waals surface area contributed by atoms with Crippen molar-refractivity contribution in [3.05, 3.63) is 40.5 Å². The largest absolute Gasteiger partial charge is 0.317 e. The quantitative estimate of drug-likeness (QED) is 0.895. The van der Waals surface area contributed by atoms with Crippen molar-refractivity contribution >= 4 is 11.6 Å². The molecule has 2 aliphatic rings. The van der Waals surface area contributed by atoms with Crippen LogP contribution in [0.5, 0.6) is 0 Å². The van der Waals surface area contributed by atoms with E-state index in [-0.39, 0.29) is 0 Å². The van der Waals surface area contributed by atoms with Gasteiger partial charge < -0.3 is 10.6 Å². The van der Waals surface area contributed by atoms with Gasteiger partial charge in [0.05, 0.1) is 11.7 Å². The lowest BCUT2D eigenvalue weighted by Crippen LogP contribution is -2.32. The van der Waals surface area contributed by atoms with Gasteiger partial charge in [-0.15, -0.1) is 0 Å². The minimum atomic E-state index is 0.529. The number of hydrogen-bond donors (Lipinski definition) is 2. The summed E-state index contributed by atoms with van der Waals surface area (Å²) in [6.45, 7) is 4.12. The van der Waals surface area contributed by atoms with Crippen molar-refractivity contribution in [2.24, 2.45) is 0 Å². The molecule has 0 amide bonds. The number of aromatic nitrogens is 2. The van der Waals surface area contributed by atoms with E-state index in [4.69, 9.17) is 16.7 Å². The fourth-order valence-electron chi connectivity index (χ4n) is 3.60. The Labute approximate surface area is 135 Å². The SMILES string of the molecule is Clc1cccc(-c2nn(C3CCNCC3)c3c2CNCC3)c1. The molecule has 22 heavy (non-hydrogen) atoms. The van der Waals surface area contributed by atoms with Crippen LogP contribution < -0.4 is 10.6 Å². The molecule has 2 aromatic rings. The Morgan fingerprint density at radius 1 is 1.14 bits per heavy atom. The first kappa shape index (κ1) is 14.2. The standard InChI is InChI=1S/C17H21ClN4/c18-13-3-1-2-12(10-13)17-15-11-20-9-6-16(15)22(21-17)14-4-7-19-8-5-14/h1-3,10,14,19-20H,4-9,11H2. The van der Waals surface area contributed by atoms with Crippen molar-refractivity contribution in [3.63, 3.8) is 0 Å². The Hall–Kier alpha value is -1.36. The first-order valence-corrected chi connectivity index (χ1v) is 8.48. The van der Waals surface area contributed by atoms with Crippen LogP contribution in [0.1, 0.15) is 30.1 Å². The van der Waals surface area contributed by atoms with Gasteiger partial charge in [-0.1, -0.05) is 23.7 Å². The number of nitrogens with one attached hydrogen (secondary N) is 2. The van der Waals surface area contributed by atoms with E-state index >= 15 is 0 Å². The third-order valence-electron chi connectivity index (χ3n) is 4.71. The fraction of sp³-hybridized carbons (Fsp3) is 0.471. The average Bonchev–Trinajstić information content (AvgIpc) is 2.95. The molecule has 4 rings (SSSR count). The lowest BCUT2D eigenvalue weighted by atomic mass is 10.0. The van der Waals surface area contributed by atoms with E-state index in [9.17, 15) is 0 Å². The summed E-state index contributed by atoms with van der Waals surface area (Å²) in [5, 5.41) is 12.7. The molecule has 0 unspecified atom stereocenters. The third-order valence-corrected chi connectivity index (χ3v) is 4.95. The topological polar surface area (TPSA) is 41.9 Å². The molecule has 116 valence electrons. The van der Waals surface area contributed by atoms with Crippen molar-refractivity contribution in [3.8, 4) is 11.3 Å². The summed E-state index contributed by atoms with van der Waals surface area (Å²) in [6.07, 6.45) is 3.39. The second kappa shape index (κ2) is 6.03. The highest BCUT2D eigenvalue weighted by molar-refractivity contribution is 6.30. The van der Waals surface area contributed by atoms with Crippen LogP contribution in [-0.4, -0.2) is 29.4 Å². The molecule has 0 aliphatic carbocycles. The van der Waals surface area contributed by atoms with Crippen LogP contribution in [0.25, 0.3) is 11.3 Å². The molecule has 2 aliphatic heterocycles. The molecule has 0 bridgehead atoms. The molecule has 1 saturated heterocycles. The van der Waals surface area contributed by atoms with Gasteiger partial charge in [-0.05, 0) is 38.1 Å². The van der Waals surface area contributed by atoms with Crippen LogP contribution in [-0.2, 0) is 13.0 Å². The van der Waals surface area contributed by atoms with Crippen LogP contribution >= 0.6 is 11.6 Å². The first-order chi connectivity index (χ1) is 10.8. The highest BCUT2D eigenvalue weighted by Crippen LogP contribution is 2.32. The number of nitrogens with zero attached hydrogens (tertiary/aromatic N) is 2. The van der Waals surface area contributed by atoms with Crippen LogP contribution in [0.4, 0.5) is 0 Å². The molecular weight excluding hydrogens is 296 g/mol. The zero-order valence-electron chi connectivity index (χ0n) is 12.6. The molecule has 2 N–H and O–H groups in total. The second-order valence-corrected chi connectivity index (χ2v) is 6.57. The smallest absolute Gasteiger partial charge is 0.0971 e. The number of piperidine rings is 1. The Kier molecular flexibility index (Phi) is 3.90. The summed E-state index contributed by atoms with van der Waals surface area (Å²) in [4.78, 5) is 0. The second-order valence-electron chi connectivity index (χ2n) is 6.14. The first-order valence-electron chi connectivity index (χ1n) is 8.10. The van der Waals surface area contributed by atoms with Crippen LogP contribution in [0, 0.1) is 0 Å². The maximum atomic E-state index is 6.17. The number of fused-ring (bicyclic) bond motifs is 1. The third kappa shape index (κ3) is 2.56. The van der Waals surface area contributed by atoms with Crippen molar-refractivity contribution in [1.29, 1.82) is 0 Å². The van der Waals surface area contributed by atoms with E-state index in [1.807, 2.05) is 18.2 Å². The number of benzene rings is 1. The normalized spacial score (nSPS) is 19.1. The molecule has 0 radical (unpaired) electrons. The molecular formula is C17H21ClN4. The van der Waals surface area contributed by atoms with Gasteiger partial charge in [0.25, 0.3) is 0 Å². The van der Waals surface area contributed by atoms with E-state index in [0.29, 0.717) is 6.04 Å². The highest BCUT2D eigenvalue weighted by Gasteiger charge is 2.26. The van der Waals surface area contributed by atoms with Crippen molar-refractivity contribution in [2.45, 2.75) is 31.8 Å². The predicted molar refractivity (Wildman–Crippen MR) is 89.2 cm³/mol. The predicted octanol–water partition coefficient (Wildman–Crippen LogP) is 2.77. The van der Waals surface area contributed by atoms with Gasteiger partial charge in [0.1, 0.15) is 0 Å². The van der Waals surface area contributed by atoms with Crippen LogP contribution in [0.2, 0.25) is 5.02 Å². The van der Waals surface area contributed by atoms with Gasteiger partial charge in [0.15, 0.2) is 0 Å². The Bertz CT molecular complexity index is 673. The molecule has 0 spiro atoms. The maximum Gasteiger partial charge on any atom is 0.0971 e. The highest BCUT2D eigenvalue weighted by atomic mass is 35.5. The molecule has 4 nitrogen and oxygen atoms in total. The summed E-state index contributed by atoms with van der Waals surface area (Å²) < 4.78 is 2.31. The van der Waals surface area contributed by atoms with E-state index in [1.54, 1.807) is 0 Å². The summed E-state index contributed by atoms with van der Waals surface area (Å²) in [5.74, 6) is 0. The Morgan fingerprint density at radius 2 is 2.00 bits per heavy atom. The fourth-order valence-corrected chi connectivity index (χ4v) is 3.79. The summed E-state index contributed by atoms with van der Waals surface area (Å²) in [7, 11) is 0. The molecule has 1 aromatic heterocycles. The van der Waals surface area contributed by atoms with Gasteiger partial charge in [-0.2, -0.15) is 5.10 Å². The van der Waals surface area contributed by atoms with Gasteiger partial charge >= 0.3 is 0 Å². The van der Waals surface area contributed by atoms with Gasteiger partial charge in [-0.25, -0.2) is 0 Å². The van der Waals surface area contributed by atoms with Crippen molar-refractivity contribution in [2.75, 3.05) is 19.6 Å². The molecule has 0 atom stereocenters. The Morgan fingerprint density at radius 3 is 2.82 bits per heavy atom. The zero-order valence-corrected chi connectivity index (χ0v) is 13.4. The summed E-state index contributed by atoms with van der Waals surface area (Å²) in [6, 6.07) is 8.58. The van der Waals surface area contributed by atoms with E-state index in [1.165, 1.54) is 11.3 Å². The molecule has 3 heterocycles. The van der Waals surface area contributed by atoms with Gasteiger partial charge in [0, 0.05) is 41.4 Å². The van der Waals surface area contributed by atoms with Crippen molar-refractivity contribution in [1.82, 2.24) is 20.4 Å². The number of rotatable bonds is 2. The van der Waals surface area contributed by atoms with E-state index < -0.39 is 0 Å². The molecule has 5 heteroatoms. The average molecular weight is 317 g/mol. The lowest BCUT2D eigenvalue weighted by molar-refractivity contribution is 0.333. The zero-order chi connectivity index (χ0) is 14.9.